The number of amides is 1. The topological polar surface area (TPSA) is 87.7 Å². The summed E-state index contributed by atoms with van der Waals surface area (Å²) in [5, 5.41) is 14.7. The number of ether oxygens (including phenoxy) is 1. The van der Waals surface area contributed by atoms with E-state index in [0.29, 0.717) is 18.7 Å². The molecule has 1 atom stereocenters. The van der Waals surface area contributed by atoms with Crippen molar-refractivity contribution in [2.24, 2.45) is 0 Å². The van der Waals surface area contributed by atoms with Gasteiger partial charge >= 0.3 is 5.97 Å². The van der Waals surface area contributed by atoms with Gasteiger partial charge in [0.1, 0.15) is 0 Å². The second-order valence-corrected chi connectivity index (χ2v) is 4.28. The van der Waals surface area contributed by atoms with E-state index in [9.17, 15) is 14.7 Å². The Morgan fingerprint density at radius 1 is 1.30 bits per heavy atom. The van der Waals surface area contributed by atoms with Crippen LogP contribution in [0.3, 0.4) is 0 Å². The average Bonchev–Trinajstić information content (AvgIpc) is 2.44. The van der Waals surface area contributed by atoms with E-state index < -0.39 is 11.9 Å². The molecule has 0 heterocycles. The Bertz CT molecular complexity index is 422. The van der Waals surface area contributed by atoms with Crippen LogP contribution in [0.4, 0.5) is 0 Å². The number of methoxy groups -OCH3 is 1. The van der Waals surface area contributed by atoms with E-state index >= 15 is 0 Å². The number of rotatable bonds is 9. The van der Waals surface area contributed by atoms with E-state index in [1.54, 1.807) is 31.4 Å². The van der Waals surface area contributed by atoms with Gasteiger partial charge in [-0.25, -0.2) is 0 Å². The van der Waals surface area contributed by atoms with Crippen LogP contribution in [0, 0.1) is 0 Å². The maximum Gasteiger partial charge on any atom is 0.312 e. The quantitative estimate of drug-likeness (QED) is 0.563. The molecule has 1 aromatic carbocycles. The van der Waals surface area contributed by atoms with E-state index in [1.807, 2.05) is 6.07 Å². The van der Waals surface area contributed by atoms with Crippen LogP contribution < -0.4 is 10.6 Å². The molecule has 1 unspecified atom stereocenters. The lowest BCUT2D eigenvalue weighted by atomic mass is 9.99. The van der Waals surface area contributed by atoms with E-state index in [-0.39, 0.29) is 19.0 Å². The normalized spacial score (nSPS) is 11.8. The molecule has 1 amide bonds. The number of aliphatic carboxylic acids is 1. The summed E-state index contributed by atoms with van der Waals surface area (Å²) in [7, 11) is 1.58. The first kappa shape index (κ1) is 16.1. The number of hydrogen-bond donors (Lipinski definition) is 3. The Kier molecular flexibility index (Phi) is 7.31. The molecule has 0 aliphatic heterocycles. The van der Waals surface area contributed by atoms with Crippen molar-refractivity contribution in [2.45, 2.75) is 5.92 Å². The van der Waals surface area contributed by atoms with Crippen LogP contribution in [0.5, 0.6) is 0 Å². The summed E-state index contributed by atoms with van der Waals surface area (Å²) in [5.74, 6) is -1.92. The fourth-order valence-electron chi connectivity index (χ4n) is 1.69. The summed E-state index contributed by atoms with van der Waals surface area (Å²) in [6.45, 7) is 1.31. The highest BCUT2D eigenvalue weighted by Gasteiger charge is 2.20. The van der Waals surface area contributed by atoms with Gasteiger partial charge in [-0.05, 0) is 5.56 Å². The number of carboxylic acids is 1. The summed E-state index contributed by atoms with van der Waals surface area (Å²) in [4.78, 5) is 22.8. The van der Waals surface area contributed by atoms with Crippen LogP contribution in [0.15, 0.2) is 30.3 Å². The lowest BCUT2D eigenvalue weighted by Crippen LogP contribution is -2.38. The Hall–Kier alpha value is -1.92. The molecule has 0 fully saturated rings. The molecule has 1 rings (SSSR count). The van der Waals surface area contributed by atoms with Gasteiger partial charge in [0.05, 0.1) is 19.1 Å². The highest BCUT2D eigenvalue weighted by molar-refractivity contribution is 5.80. The maximum absolute atomic E-state index is 11.6. The van der Waals surface area contributed by atoms with Crippen molar-refractivity contribution in [3.05, 3.63) is 35.9 Å². The van der Waals surface area contributed by atoms with Crippen LogP contribution in [0.2, 0.25) is 0 Å². The summed E-state index contributed by atoms with van der Waals surface area (Å²) >= 11 is 0. The largest absolute Gasteiger partial charge is 0.481 e. The molecule has 20 heavy (non-hydrogen) atoms. The van der Waals surface area contributed by atoms with Gasteiger partial charge in [-0.15, -0.1) is 0 Å². The predicted molar refractivity (Wildman–Crippen MR) is 74.6 cm³/mol. The first-order valence-electron chi connectivity index (χ1n) is 6.39. The summed E-state index contributed by atoms with van der Waals surface area (Å²) in [6.07, 6.45) is 0. The van der Waals surface area contributed by atoms with Crippen molar-refractivity contribution in [1.29, 1.82) is 0 Å². The van der Waals surface area contributed by atoms with E-state index in [0.717, 1.165) is 0 Å². The molecule has 110 valence electrons. The minimum absolute atomic E-state index is 0.0735. The second kappa shape index (κ2) is 9.06. The molecule has 0 spiro atoms. The highest BCUT2D eigenvalue weighted by Crippen LogP contribution is 2.14. The monoisotopic (exact) mass is 280 g/mol. The van der Waals surface area contributed by atoms with Crippen molar-refractivity contribution in [1.82, 2.24) is 10.6 Å². The van der Waals surface area contributed by atoms with E-state index in [1.165, 1.54) is 0 Å². The maximum atomic E-state index is 11.6. The van der Waals surface area contributed by atoms with Gasteiger partial charge in [0.15, 0.2) is 0 Å². The first-order chi connectivity index (χ1) is 9.65. The number of carboxylic acid groups (broad SMARTS) is 1. The summed E-state index contributed by atoms with van der Waals surface area (Å²) in [6, 6.07) is 8.85. The molecule has 6 heteroatoms. The van der Waals surface area contributed by atoms with E-state index in [4.69, 9.17) is 4.74 Å². The van der Waals surface area contributed by atoms with Crippen LogP contribution in [-0.2, 0) is 14.3 Å². The lowest BCUT2D eigenvalue weighted by molar-refractivity contribution is -0.138. The Morgan fingerprint density at radius 3 is 2.60 bits per heavy atom. The van der Waals surface area contributed by atoms with E-state index in [2.05, 4.69) is 10.6 Å². The van der Waals surface area contributed by atoms with Gasteiger partial charge in [-0.1, -0.05) is 30.3 Å². The van der Waals surface area contributed by atoms with Gasteiger partial charge in [0.2, 0.25) is 5.91 Å². The number of carbonyl (C=O) groups excluding carboxylic acids is 1. The highest BCUT2D eigenvalue weighted by atomic mass is 16.5. The van der Waals surface area contributed by atoms with Crippen molar-refractivity contribution < 1.29 is 19.4 Å². The van der Waals surface area contributed by atoms with Gasteiger partial charge in [-0.2, -0.15) is 0 Å². The fraction of sp³-hybridized carbons (Fsp3) is 0.429. The zero-order valence-electron chi connectivity index (χ0n) is 11.5. The van der Waals surface area contributed by atoms with Gasteiger partial charge in [0, 0.05) is 20.2 Å². The molecule has 0 aliphatic carbocycles. The second-order valence-electron chi connectivity index (χ2n) is 4.28. The van der Waals surface area contributed by atoms with Gasteiger partial charge in [0.25, 0.3) is 0 Å². The van der Waals surface area contributed by atoms with Crippen LogP contribution in [0.25, 0.3) is 0 Å². The van der Waals surface area contributed by atoms with Crippen molar-refractivity contribution in [3.8, 4) is 0 Å². The van der Waals surface area contributed by atoms with Crippen LogP contribution >= 0.6 is 0 Å². The molecule has 0 aromatic heterocycles. The molecule has 0 saturated carbocycles. The number of hydrogen-bond acceptors (Lipinski definition) is 4. The average molecular weight is 280 g/mol. The first-order valence-corrected chi connectivity index (χ1v) is 6.39. The van der Waals surface area contributed by atoms with Crippen LogP contribution in [-0.4, -0.2) is 50.3 Å². The van der Waals surface area contributed by atoms with Crippen molar-refractivity contribution in [3.63, 3.8) is 0 Å². The lowest BCUT2D eigenvalue weighted by Gasteiger charge is -2.14. The van der Waals surface area contributed by atoms with Gasteiger partial charge in [-0.3, -0.25) is 9.59 Å². The Morgan fingerprint density at radius 2 is 2.00 bits per heavy atom. The Balaban J connectivity index is 2.40. The van der Waals surface area contributed by atoms with Crippen LogP contribution in [0.1, 0.15) is 11.5 Å². The number of benzene rings is 1. The predicted octanol–water partition coefficient (Wildman–Crippen LogP) is 0.207. The summed E-state index contributed by atoms with van der Waals surface area (Å²) < 4.78 is 4.84. The zero-order chi connectivity index (χ0) is 14.8. The van der Waals surface area contributed by atoms with Crippen molar-refractivity contribution in [2.75, 3.05) is 33.4 Å². The molecule has 3 N–H and O–H groups in total. The van der Waals surface area contributed by atoms with Gasteiger partial charge < -0.3 is 20.5 Å². The third-order valence-electron chi connectivity index (χ3n) is 2.77. The molecular weight excluding hydrogens is 260 g/mol. The smallest absolute Gasteiger partial charge is 0.312 e. The van der Waals surface area contributed by atoms with Crippen molar-refractivity contribution >= 4 is 11.9 Å². The molecule has 0 bridgehead atoms. The number of nitrogens with one attached hydrogen (secondary N) is 2. The molecule has 0 radical (unpaired) electrons. The zero-order valence-corrected chi connectivity index (χ0v) is 11.5. The minimum Gasteiger partial charge on any atom is -0.481 e. The third kappa shape index (κ3) is 5.81. The molecule has 0 saturated heterocycles. The SMILES string of the molecule is COCCNCC(=O)NCC(C(=O)O)c1ccccc1. The number of carbonyl (C=O) groups is 2. The third-order valence-corrected chi connectivity index (χ3v) is 2.77. The molecule has 1 aromatic rings. The fourth-order valence-corrected chi connectivity index (χ4v) is 1.69. The summed E-state index contributed by atoms with van der Waals surface area (Å²) in [5.41, 5.74) is 0.674. The molecule has 0 aliphatic rings. The minimum atomic E-state index is -0.955. The molecular formula is C14H20N2O4. The standard InChI is InChI=1S/C14H20N2O4/c1-20-8-7-15-10-13(17)16-9-12(14(18)19)11-5-3-2-4-6-11/h2-6,12,15H,7-10H2,1H3,(H,16,17)(H,18,19). The Labute approximate surface area is 118 Å². The molecule has 6 nitrogen and oxygen atoms in total.